The van der Waals surface area contributed by atoms with Crippen LogP contribution < -0.4 is 67.7 Å². The van der Waals surface area contributed by atoms with Crippen molar-refractivity contribution in [3.8, 4) is 5.69 Å². The Hall–Kier alpha value is -11.3. The molecule has 0 saturated carbocycles. The van der Waals surface area contributed by atoms with Crippen LogP contribution >= 0.6 is 0 Å². The average molecular weight is 1290 g/mol. The standard InChI is InChI=1S/C92H72BN3Si2/c1-63(2)67-45-53-86-82(57-67)83-58-68(64(3)4)46-54-87(83)96(86)73-59-90-92-91(60-73)95(72-48-44-66-28-24-26-30-70(66)56-72)89-62-81(98(77-37-17-8-18-38-77,78-39-19-9-20-40-78)79-41-21-10-22-42-79)50-52-85(89)93(92)84-51-49-80(61-88(84)94(90)71-47-43-65-27-23-25-29-69(65)55-71)97(74-31-11-5-12-32-74,75-33-13-6-14-34-75)76-35-15-7-16-36-76/h5-64H,1-4H3. The lowest BCUT2D eigenvalue weighted by molar-refractivity contribution is 0.868. The van der Waals surface area contributed by atoms with Crippen LogP contribution in [0.2, 0.25) is 0 Å². The number of fused-ring (bicyclic) bond motifs is 9. The zero-order chi connectivity index (χ0) is 65.6. The molecule has 0 bridgehead atoms. The molecule has 0 fully saturated rings. The quantitative estimate of drug-likeness (QED) is 0.0842. The van der Waals surface area contributed by atoms with Crippen molar-refractivity contribution < 1.29 is 0 Å². The Bertz CT molecular complexity index is 5180. The maximum atomic E-state index is 2.67. The first-order valence-corrected chi connectivity index (χ1v) is 38.7. The second kappa shape index (κ2) is 23.8. The van der Waals surface area contributed by atoms with Crippen molar-refractivity contribution >= 4 is 158 Å². The number of rotatable bonds is 13. The third-order valence-electron chi connectivity index (χ3n) is 21.6. The molecule has 16 aromatic rings. The van der Waals surface area contributed by atoms with E-state index in [0.29, 0.717) is 11.8 Å². The predicted molar refractivity (Wildman–Crippen MR) is 425 cm³/mol. The first kappa shape index (κ1) is 59.2. The summed E-state index contributed by atoms with van der Waals surface area (Å²) in [5, 5.41) is 18.0. The Morgan fingerprint density at radius 3 is 0.918 bits per heavy atom. The molecule has 6 heteroatoms. The first-order valence-electron chi connectivity index (χ1n) is 34.7. The van der Waals surface area contributed by atoms with E-state index in [1.165, 1.54) is 124 Å². The number of anilines is 6. The van der Waals surface area contributed by atoms with Crippen molar-refractivity contribution in [2.24, 2.45) is 0 Å². The second-order valence-electron chi connectivity index (χ2n) is 27.5. The zero-order valence-corrected chi connectivity index (χ0v) is 57.6. The van der Waals surface area contributed by atoms with E-state index in [2.05, 4.69) is 394 Å². The molecular weight excluding hydrogens is 1210 g/mol. The number of benzene rings is 15. The highest BCUT2D eigenvalue weighted by atomic mass is 28.3. The van der Waals surface area contributed by atoms with Crippen molar-refractivity contribution in [1.29, 1.82) is 0 Å². The van der Waals surface area contributed by atoms with Crippen LogP contribution in [0.15, 0.2) is 352 Å². The number of hydrogen-bond donors (Lipinski definition) is 0. The third kappa shape index (κ3) is 9.30. The van der Waals surface area contributed by atoms with E-state index in [1.54, 1.807) is 0 Å². The molecule has 1 aromatic heterocycles. The molecule has 15 aromatic carbocycles. The molecule has 0 aliphatic carbocycles. The second-order valence-corrected chi connectivity index (χ2v) is 35.1. The smallest absolute Gasteiger partial charge is 0.252 e. The Kier molecular flexibility index (Phi) is 14.4. The highest BCUT2D eigenvalue weighted by molar-refractivity contribution is 7.20. The van der Waals surface area contributed by atoms with Crippen molar-refractivity contribution in [2.45, 2.75) is 39.5 Å². The van der Waals surface area contributed by atoms with E-state index in [9.17, 15) is 0 Å². The van der Waals surface area contributed by atoms with Gasteiger partial charge in [0.2, 0.25) is 0 Å². The fourth-order valence-corrected chi connectivity index (χ4v) is 26.5. The number of nitrogens with zero attached hydrogens (tertiary/aromatic N) is 3. The van der Waals surface area contributed by atoms with Crippen LogP contribution in [0.25, 0.3) is 49.0 Å². The molecule has 18 rings (SSSR count). The molecule has 2 aliphatic rings. The van der Waals surface area contributed by atoms with Crippen molar-refractivity contribution in [3.63, 3.8) is 0 Å². The van der Waals surface area contributed by atoms with Crippen LogP contribution in [-0.2, 0) is 0 Å². The summed E-state index contributed by atoms with van der Waals surface area (Å²) in [4.78, 5) is 5.34. The van der Waals surface area contributed by atoms with Crippen LogP contribution in [0.4, 0.5) is 34.1 Å². The largest absolute Gasteiger partial charge is 0.311 e. The Morgan fingerprint density at radius 2 is 0.582 bits per heavy atom. The molecule has 2 aliphatic heterocycles. The van der Waals surface area contributed by atoms with Gasteiger partial charge in [-0.05, 0) is 175 Å². The van der Waals surface area contributed by atoms with Gasteiger partial charge in [0.15, 0.2) is 16.1 Å². The fourth-order valence-electron chi connectivity index (χ4n) is 16.9. The van der Waals surface area contributed by atoms with Gasteiger partial charge in [-0.1, -0.05) is 307 Å². The SMILES string of the molecule is CC(C)c1ccc2c(c1)c1cc(C(C)C)ccc1n2-c1cc2c3c(c1)N(c1ccc4ccccc4c1)c1cc([Si](c4ccccc4)(c4ccccc4)c4ccccc4)ccc1B3c1ccc([Si](c3ccccc3)(c3ccccc3)c3ccccc3)cc1N2c1ccc2ccccc2c1. The van der Waals surface area contributed by atoms with Crippen LogP contribution in [0.1, 0.15) is 50.7 Å². The van der Waals surface area contributed by atoms with Gasteiger partial charge in [-0.2, -0.15) is 0 Å². The van der Waals surface area contributed by atoms with Gasteiger partial charge in [0.1, 0.15) is 0 Å². The van der Waals surface area contributed by atoms with Gasteiger partial charge in [-0.15, -0.1) is 0 Å². The molecule has 98 heavy (non-hydrogen) atoms. The van der Waals surface area contributed by atoms with Gasteiger partial charge in [0.05, 0.1) is 16.7 Å². The average Bonchev–Trinajstić information content (AvgIpc) is 0.806. The summed E-state index contributed by atoms with van der Waals surface area (Å²) in [5.41, 5.74) is 16.9. The van der Waals surface area contributed by atoms with Crippen molar-refractivity contribution in [1.82, 2.24) is 4.57 Å². The molecule has 0 saturated heterocycles. The monoisotopic (exact) mass is 1290 g/mol. The molecule has 0 amide bonds. The Labute approximate surface area is 576 Å². The highest BCUT2D eigenvalue weighted by Crippen LogP contribution is 2.48. The molecule has 466 valence electrons. The normalized spacial score (nSPS) is 12.8. The van der Waals surface area contributed by atoms with Crippen LogP contribution in [0.3, 0.4) is 0 Å². The lowest BCUT2D eigenvalue weighted by atomic mass is 9.33. The number of hydrogen-bond acceptors (Lipinski definition) is 2. The van der Waals surface area contributed by atoms with Gasteiger partial charge in [-0.25, -0.2) is 0 Å². The molecule has 0 spiro atoms. The molecule has 0 unspecified atom stereocenters. The lowest BCUT2D eigenvalue weighted by Crippen LogP contribution is -2.75. The van der Waals surface area contributed by atoms with Crippen molar-refractivity contribution in [3.05, 3.63) is 363 Å². The molecular formula is C92H72BN3Si2. The molecule has 0 atom stereocenters. The molecule has 0 N–H and O–H groups in total. The van der Waals surface area contributed by atoms with Crippen molar-refractivity contribution in [2.75, 3.05) is 9.80 Å². The molecule has 3 nitrogen and oxygen atoms in total. The first-order chi connectivity index (χ1) is 48.2. The third-order valence-corrected chi connectivity index (χ3v) is 31.1. The lowest BCUT2D eigenvalue weighted by Gasteiger charge is -2.46. The Morgan fingerprint density at radius 1 is 0.255 bits per heavy atom. The van der Waals surface area contributed by atoms with Crippen LogP contribution in [0, 0.1) is 0 Å². The van der Waals surface area contributed by atoms with E-state index in [0.717, 1.165) is 28.4 Å². The van der Waals surface area contributed by atoms with Gasteiger partial charge in [-0.3, -0.25) is 0 Å². The summed E-state index contributed by atoms with van der Waals surface area (Å²) in [7, 11) is -6.21. The summed E-state index contributed by atoms with van der Waals surface area (Å²) in [5.74, 6) is 0.717. The van der Waals surface area contributed by atoms with Gasteiger partial charge < -0.3 is 14.4 Å². The van der Waals surface area contributed by atoms with E-state index >= 15 is 0 Å². The molecule has 3 heterocycles. The summed E-state index contributed by atoms with van der Waals surface area (Å²) in [6, 6.07) is 136. The maximum Gasteiger partial charge on any atom is 0.252 e. The Balaban J connectivity index is 1.01. The summed E-state index contributed by atoms with van der Waals surface area (Å²) in [6.45, 7) is 9.07. The predicted octanol–water partition coefficient (Wildman–Crippen LogP) is 16.2. The van der Waals surface area contributed by atoms with E-state index in [-0.39, 0.29) is 6.71 Å². The molecule has 0 radical (unpaired) electrons. The summed E-state index contributed by atoms with van der Waals surface area (Å²) >= 11 is 0. The zero-order valence-electron chi connectivity index (χ0n) is 55.6. The summed E-state index contributed by atoms with van der Waals surface area (Å²) in [6.07, 6.45) is 0. The minimum Gasteiger partial charge on any atom is -0.311 e. The number of aromatic nitrogens is 1. The minimum atomic E-state index is -3.10. The fraction of sp³-hybridized carbons (Fsp3) is 0.0652. The van der Waals surface area contributed by atoms with Crippen LogP contribution in [0.5, 0.6) is 0 Å². The summed E-state index contributed by atoms with van der Waals surface area (Å²) < 4.78 is 2.59. The highest BCUT2D eigenvalue weighted by Gasteiger charge is 2.49. The van der Waals surface area contributed by atoms with Crippen LogP contribution in [-0.4, -0.2) is 27.4 Å². The van der Waals surface area contributed by atoms with E-state index in [1.807, 2.05) is 0 Å². The van der Waals surface area contributed by atoms with Gasteiger partial charge in [0.25, 0.3) is 6.71 Å². The van der Waals surface area contributed by atoms with Gasteiger partial charge in [0, 0.05) is 44.9 Å². The minimum absolute atomic E-state index is 0.196. The van der Waals surface area contributed by atoms with Gasteiger partial charge >= 0.3 is 0 Å². The van der Waals surface area contributed by atoms with E-state index in [4.69, 9.17) is 0 Å². The topological polar surface area (TPSA) is 11.4 Å². The maximum absolute atomic E-state index is 3.10. The van der Waals surface area contributed by atoms with E-state index < -0.39 is 16.1 Å².